The number of halogens is 2. The number of amides is 1. The molecule has 0 bridgehead atoms. The van der Waals surface area contributed by atoms with Crippen LogP contribution in [0, 0.1) is 5.92 Å². The van der Waals surface area contributed by atoms with Crippen LogP contribution in [-0.4, -0.2) is 49.7 Å². The second-order valence-electron chi connectivity index (χ2n) is 6.32. The van der Waals surface area contributed by atoms with Crippen molar-refractivity contribution < 1.29 is 13.2 Å². The maximum Gasteiger partial charge on any atom is 0.243 e. The molecule has 3 rings (SSSR count). The fourth-order valence-corrected chi connectivity index (χ4v) is 5.56. The lowest BCUT2D eigenvalue weighted by Crippen LogP contribution is -2.43. The van der Waals surface area contributed by atoms with Gasteiger partial charge in [-0.05, 0) is 43.9 Å². The van der Waals surface area contributed by atoms with E-state index in [-0.39, 0.29) is 16.7 Å². The summed E-state index contributed by atoms with van der Waals surface area (Å²) in [6.07, 6.45) is 3.24. The van der Waals surface area contributed by atoms with Crippen molar-refractivity contribution in [1.29, 1.82) is 0 Å². The fraction of sp³-hybridized carbons (Fsp3) is 0.562. The summed E-state index contributed by atoms with van der Waals surface area (Å²) in [5.74, 6) is 0.104. The van der Waals surface area contributed by atoms with Crippen molar-refractivity contribution in [3.05, 3.63) is 28.2 Å². The van der Waals surface area contributed by atoms with Crippen molar-refractivity contribution in [3.8, 4) is 0 Å². The topological polar surface area (TPSA) is 57.7 Å². The number of carbonyl (C=O) groups is 1. The summed E-state index contributed by atoms with van der Waals surface area (Å²) in [4.78, 5) is 14.4. The molecule has 2 aliphatic rings. The molecular weight excluding hydrogens is 371 g/mol. The first-order valence-corrected chi connectivity index (χ1v) is 10.3. The Morgan fingerprint density at radius 3 is 2.04 bits per heavy atom. The van der Waals surface area contributed by atoms with E-state index < -0.39 is 10.0 Å². The first-order valence-electron chi connectivity index (χ1n) is 8.13. The van der Waals surface area contributed by atoms with Gasteiger partial charge in [-0.15, -0.1) is 0 Å². The normalized spacial score (nSPS) is 20.5. The molecule has 0 spiro atoms. The van der Waals surface area contributed by atoms with Crippen LogP contribution in [0.3, 0.4) is 0 Å². The molecular formula is C16H20Cl2N2O3S. The minimum absolute atomic E-state index is 0.0718. The number of rotatable bonds is 3. The Labute approximate surface area is 152 Å². The monoisotopic (exact) mass is 390 g/mol. The van der Waals surface area contributed by atoms with Crippen LogP contribution < -0.4 is 0 Å². The van der Waals surface area contributed by atoms with Gasteiger partial charge in [0.25, 0.3) is 0 Å². The molecule has 1 amide bonds. The summed E-state index contributed by atoms with van der Waals surface area (Å²) >= 11 is 11.8. The Kier molecular flexibility index (Phi) is 5.39. The van der Waals surface area contributed by atoms with Crippen LogP contribution in [0.1, 0.15) is 25.7 Å². The number of piperidine rings is 1. The molecule has 8 heteroatoms. The minimum Gasteiger partial charge on any atom is -0.342 e. The molecule has 0 aliphatic carbocycles. The van der Waals surface area contributed by atoms with Crippen molar-refractivity contribution >= 4 is 39.1 Å². The van der Waals surface area contributed by atoms with Crippen LogP contribution >= 0.6 is 23.2 Å². The highest BCUT2D eigenvalue weighted by atomic mass is 35.5. The average molecular weight is 391 g/mol. The highest BCUT2D eigenvalue weighted by Crippen LogP contribution is 2.29. The molecule has 0 N–H and O–H groups in total. The predicted molar refractivity (Wildman–Crippen MR) is 93.8 cm³/mol. The van der Waals surface area contributed by atoms with Gasteiger partial charge >= 0.3 is 0 Å². The fourth-order valence-electron chi connectivity index (χ4n) is 3.37. The van der Waals surface area contributed by atoms with E-state index in [0.717, 1.165) is 25.9 Å². The van der Waals surface area contributed by atoms with E-state index in [0.29, 0.717) is 36.0 Å². The lowest BCUT2D eigenvalue weighted by atomic mass is 9.97. The van der Waals surface area contributed by atoms with Gasteiger partial charge in [0, 0.05) is 42.1 Å². The van der Waals surface area contributed by atoms with E-state index in [1.165, 1.54) is 22.5 Å². The molecule has 2 saturated heterocycles. The van der Waals surface area contributed by atoms with E-state index in [4.69, 9.17) is 23.2 Å². The zero-order chi connectivity index (χ0) is 17.3. The summed E-state index contributed by atoms with van der Waals surface area (Å²) in [7, 11) is -3.64. The summed E-state index contributed by atoms with van der Waals surface area (Å²) in [5, 5.41) is 0.584. The number of sulfonamides is 1. The van der Waals surface area contributed by atoms with Crippen molar-refractivity contribution in [2.75, 3.05) is 26.2 Å². The first-order chi connectivity index (χ1) is 11.4. The lowest BCUT2D eigenvalue weighted by Gasteiger charge is -2.32. The summed E-state index contributed by atoms with van der Waals surface area (Å²) in [5.41, 5.74) is 0. The second kappa shape index (κ2) is 7.20. The zero-order valence-electron chi connectivity index (χ0n) is 13.2. The number of likely N-dealkylation sites (tertiary alicyclic amines) is 1. The summed E-state index contributed by atoms with van der Waals surface area (Å²) in [6.45, 7) is 2.35. The van der Waals surface area contributed by atoms with Crippen molar-refractivity contribution in [3.63, 3.8) is 0 Å². The largest absolute Gasteiger partial charge is 0.342 e. The quantitative estimate of drug-likeness (QED) is 0.796. The SMILES string of the molecule is O=C(C1CCN(S(=O)(=O)c2cc(Cl)cc(Cl)c2)CC1)N1CCCC1. The van der Waals surface area contributed by atoms with Gasteiger partial charge in [-0.2, -0.15) is 4.31 Å². The highest BCUT2D eigenvalue weighted by molar-refractivity contribution is 7.89. The molecule has 5 nitrogen and oxygen atoms in total. The van der Waals surface area contributed by atoms with E-state index >= 15 is 0 Å². The molecule has 1 aromatic rings. The van der Waals surface area contributed by atoms with Gasteiger partial charge < -0.3 is 4.90 Å². The third-order valence-electron chi connectivity index (χ3n) is 4.69. The van der Waals surface area contributed by atoms with E-state index in [1.54, 1.807) is 0 Å². The molecule has 0 aromatic heterocycles. The molecule has 2 heterocycles. The first kappa shape index (κ1) is 18.0. The van der Waals surface area contributed by atoms with E-state index in [9.17, 15) is 13.2 Å². The van der Waals surface area contributed by atoms with Gasteiger partial charge in [0.1, 0.15) is 0 Å². The Hall–Kier alpha value is -0.820. The minimum atomic E-state index is -3.64. The van der Waals surface area contributed by atoms with Crippen molar-refractivity contribution in [2.24, 2.45) is 5.92 Å². The van der Waals surface area contributed by atoms with Crippen molar-refractivity contribution in [2.45, 2.75) is 30.6 Å². The zero-order valence-corrected chi connectivity index (χ0v) is 15.6. The Bertz CT molecular complexity index is 705. The molecule has 0 saturated carbocycles. The summed E-state index contributed by atoms with van der Waals surface area (Å²) in [6, 6.07) is 4.32. The third-order valence-corrected chi connectivity index (χ3v) is 7.01. The van der Waals surface area contributed by atoms with E-state index in [1.807, 2.05) is 4.90 Å². The average Bonchev–Trinajstić information content (AvgIpc) is 3.08. The van der Waals surface area contributed by atoms with Crippen molar-refractivity contribution in [1.82, 2.24) is 9.21 Å². The van der Waals surface area contributed by atoms with Gasteiger partial charge in [-0.3, -0.25) is 4.79 Å². The number of hydrogen-bond acceptors (Lipinski definition) is 3. The number of carbonyl (C=O) groups excluding carboxylic acids is 1. The Balaban J connectivity index is 1.68. The van der Waals surface area contributed by atoms with Crippen LogP contribution in [0.15, 0.2) is 23.1 Å². The Morgan fingerprint density at radius 2 is 1.50 bits per heavy atom. The summed E-state index contributed by atoms with van der Waals surface area (Å²) < 4.78 is 26.9. The number of nitrogens with zero attached hydrogens (tertiary/aromatic N) is 2. The standard InChI is InChI=1S/C16H20Cl2N2O3S/c17-13-9-14(18)11-15(10-13)24(22,23)20-7-3-12(4-8-20)16(21)19-5-1-2-6-19/h9-12H,1-8H2. The van der Waals surface area contributed by atoms with Gasteiger partial charge in [0.2, 0.25) is 15.9 Å². The lowest BCUT2D eigenvalue weighted by molar-refractivity contribution is -0.135. The maximum absolute atomic E-state index is 12.7. The molecule has 24 heavy (non-hydrogen) atoms. The van der Waals surface area contributed by atoms with Crippen LogP contribution in [0.25, 0.3) is 0 Å². The van der Waals surface area contributed by atoms with Crippen LogP contribution in [0.2, 0.25) is 10.0 Å². The van der Waals surface area contributed by atoms with Gasteiger partial charge in [-0.1, -0.05) is 23.2 Å². The molecule has 0 atom stereocenters. The van der Waals surface area contributed by atoms with Gasteiger partial charge in [0.05, 0.1) is 4.90 Å². The predicted octanol–water partition coefficient (Wildman–Crippen LogP) is 3.02. The molecule has 2 aliphatic heterocycles. The maximum atomic E-state index is 12.7. The third kappa shape index (κ3) is 3.72. The van der Waals surface area contributed by atoms with Crippen LogP contribution in [-0.2, 0) is 14.8 Å². The molecule has 0 radical (unpaired) electrons. The van der Waals surface area contributed by atoms with Gasteiger partial charge in [0.15, 0.2) is 0 Å². The molecule has 2 fully saturated rings. The number of benzene rings is 1. The molecule has 1 aromatic carbocycles. The smallest absolute Gasteiger partial charge is 0.243 e. The van der Waals surface area contributed by atoms with Crippen LogP contribution in [0.5, 0.6) is 0 Å². The molecule has 0 unspecified atom stereocenters. The highest BCUT2D eigenvalue weighted by Gasteiger charge is 2.34. The Morgan fingerprint density at radius 1 is 0.958 bits per heavy atom. The molecule has 132 valence electrons. The van der Waals surface area contributed by atoms with Gasteiger partial charge in [-0.25, -0.2) is 8.42 Å². The second-order valence-corrected chi connectivity index (χ2v) is 9.13. The van der Waals surface area contributed by atoms with Crippen LogP contribution in [0.4, 0.5) is 0 Å². The number of hydrogen-bond donors (Lipinski definition) is 0. The van der Waals surface area contributed by atoms with E-state index in [2.05, 4.69) is 0 Å².